The largest absolute Gasteiger partial charge is 0.494 e. The fourth-order valence-corrected chi connectivity index (χ4v) is 6.28. The van der Waals surface area contributed by atoms with E-state index >= 15 is 0 Å². The Balaban J connectivity index is 1.31. The van der Waals surface area contributed by atoms with Crippen molar-refractivity contribution >= 4 is 22.4 Å². The van der Waals surface area contributed by atoms with Crippen LogP contribution < -0.4 is 10.1 Å². The van der Waals surface area contributed by atoms with Gasteiger partial charge in [0, 0.05) is 47.3 Å². The van der Waals surface area contributed by atoms with Crippen LogP contribution in [0.2, 0.25) is 0 Å². The van der Waals surface area contributed by atoms with Crippen LogP contribution in [0.1, 0.15) is 96.2 Å². The van der Waals surface area contributed by atoms with E-state index in [4.69, 9.17) is 9.72 Å². The molecule has 2 heterocycles. The fraction of sp³-hybridized carbons (Fsp3) is 0.424. The molecule has 1 fully saturated rings. The van der Waals surface area contributed by atoms with E-state index in [0.29, 0.717) is 42.5 Å². The van der Waals surface area contributed by atoms with Crippen LogP contribution in [0.15, 0.2) is 47.9 Å². The van der Waals surface area contributed by atoms with Crippen LogP contribution in [0.5, 0.6) is 5.75 Å². The van der Waals surface area contributed by atoms with Gasteiger partial charge in [-0.3, -0.25) is 14.8 Å². The number of nitrogens with zero attached hydrogens (tertiary/aromatic N) is 2. The number of ether oxygens (including phenoxy) is 1. The number of hydrogen-bond donors (Lipinski definition) is 1. The number of aromatic nitrogens is 2. The van der Waals surface area contributed by atoms with Crippen molar-refractivity contribution in [1.82, 2.24) is 15.3 Å². The van der Waals surface area contributed by atoms with Gasteiger partial charge in [0.05, 0.1) is 12.8 Å². The van der Waals surface area contributed by atoms with Crippen LogP contribution >= 0.6 is 0 Å². The van der Waals surface area contributed by atoms with Crippen LogP contribution in [0.3, 0.4) is 0 Å². The summed E-state index contributed by atoms with van der Waals surface area (Å²) in [4.78, 5) is 23.1. The number of rotatable bonds is 7. The lowest BCUT2D eigenvalue weighted by Gasteiger charge is -2.23. The minimum Gasteiger partial charge on any atom is -0.494 e. The number of amides is 1. The zero-order valence-corrected chi connectivity index (χ0v) is 23.2. The van der Waals surface area contributed by atoms with Gasteiger partial charge in [-0.2, -0.15) is 0 Å². The molecule has 1 N–H and O–H groups in total. The zero-order chi connectivity index (χ0) is 27.3. The summed E-state index contributed by atoms with van der Waals surface area (Å²) in [5, 5.41) is 4.09. The summed E-state index contributed by atoms with van der Waals surface area (Å²) < 4.78 is 20.2. The zero-order valence-electron chi connectivity index (χ0n) is 23.2. The van der Waals surface area contributed by atoms with Crippen molar-refractivity contribution in [2.75, 3.05) is 13.7 Å². The van der Waals surface area contributed by atoms with Crippen molar-refractivity contribution in [2.45, 2.75) is 71.1 Å². The van der Waals surface area contributed by atoms with Gasteiger partial charge < -0.3 is 10.1 Å². The fourth-order valence-electron chi connectivity index (χ4n) is 6.28. The van der Waals surface area contributed by atoms with Gasteiger partial charge in [-0.15, -0.1) is 0 Å². The van der Waals surface area contributed by atoms with Gasteiger partial charge >= 0.3 is 0 Å². The van der Waals surface area contributed by atoms with Crippen molar-refractivity contribution in [1.29, 1.82) is 0 Å². The minimum absolute atomic E-state index is 0.0262. The number of allylic oxidation sites excluding steroid dienone is 4. The molecular weight excluding hydrogens is 489 g/mol. The van der Waals surface area contributed by atoms with E-state index in [1.807, 2.05) is 26.0 Å². The highest BCUT2D eigenvalue weighted by Crippen LogP contribution is 2.46. The smallest absolute Gasteiger partial charge is 0.251 e. The molecule has 0 saturated heterocycles. The summed E-state index contributed by atoms with van der Waals surface area (Å²) >= 11 is 0. The van der Waals surface area contributed by atoms with Gasteiger partial charge in [-0.05, 0) is 104 Å². The van der Waals surface area contributed by atoms with Crippen LogP contribution in [-0.4, -0.2) is 29.5 Å². The number of carbonyl (C=O) groups is 1. The summed E-state index contributed by atoms with van der Waals surface area (Å²) in [5.41, 5.74) is 8.61. The van der Waals surface area contributed by atoms with E-state index in [0.717, 1.165) is 64.7 Å². The van der Waals surface area contributed by atoms with Gasteiger partial charge in [0.1, 0.15) is 17.1 Å². The number of hydrogen-bond acceptors (Lipinski definition) is 4. The van der Waals surface area contributed by atoms with Gasteiger partial charge in [0.2, 0.25) is 0 Å². The molecule has 202 valence electrons. The molecule has 2 unspecified atom stereocenters. The number of aryl methyl sites for hydroxylation is 1. The maximum absolute atomic E-state index is 14.6. The lowest BCUT2D eigenvalue weighted by molar-refractivity contribution is 0.0950. The van der Waals surface area contributed by atoms with Crippen LogP contribution in [0.4, 0.5) is 4.39 Å². The molecule has 39 heavy (non-hydrogen) atoms. The van der Waals surface area contributed by atoms with Gasteiger partial charge in [0.15, 0.2) is 0 Å². The van der Waals surface area contributed by atoms with E-state index in [2.05, 4.69) is 29.4 Å². The molecular formula is C33H36FN3O2. The molecule has 3 aliphatic carbocycles. The Bertz CT molecular complexity index is 1540. The van der Waals surface area contributed by atoms with Crippen molar-refractivity contribution in [3.8, 4) is 5.75 Å². The number of halogens is 1. The van der Waals surface area contributed by atoms with Crippen LogP contribution in [0.25, 0.3) is 16.5 Å². The third-order valence-electron chi connectivity index (χ3n) is 8.74. The monoisotopic (exact) mass is 525 g/mol. The maximum Gasteiger partial charge on any atom is 0.251 e. The third-order valence-corrected chi connectivity index (χ3v) is 8.74. The first-order valence-electron chi connectivity index (χ1n) is 14.2. The molecule has 0 aliphatic heterocycles. The predicted molar refractivity (Wildman–Crippen MR) is 153 cm³/mol. The topological polar surface area (TPSA) is 64.1 Å². The molecule has 0 spiro atoms. The van der Waals surface area contributed by atoms with E-state index < -0.39 is 0 Å². The number of fused-ring (bicyclic) bond motifs is 2. The second kappa shape index (κ2) is 10.2. The predicted octanol–water partition coefficient (Wildman–Crippen LogP) is 7.34. The Morgan fingerprint density at radius 2 is 1.97 bits per heavy atom. The molecule has 6 heteroatoms. The highest BCUT2D eigenvalue weighted by molar-refractivity contribution is 6.00. The number of carbonyl (C=O) groups excluding carboxylic acids is 1. The normalized spacial score (nSPS) is 19.6. The van der Waals surface area contributed by atoms with Crippen molar-refractivity contribution in [3.63, 3.8) is 0 Å². The number of nitrogens with one attached hydrogen (secondary N) is 1. The highest BCUT2D eigenvalue weighted by atomic mass is 19.1. The standard InChI is InChI=1S/C33H36FN3O2/c1-18-12-22-13-23(14-30(39-4)31(22)35-16-18)33(38)36-17-27(21-9-10-21)29-15-26-19(2)8-11-25(26)32(37-29)24-6-5-7-28(34)20(24)3/h6,12-16,19,21,27H,5,7-11,17H2,1-4H3,(H,36,38). The van der Waals surface area contributed by atoms with Crippen molar-refractivity contribution < 1.29 is 13.9 Å². The summed E-state index contributed by atoms with van der Waals surface area (Å²) in [5.74, 6) is 1.50. The van der Waals surface area contributed by atoms with Crippen LogP contribution in [-0.2, 0) is 6.42 Å². The first-order valence-corrected chi connectivity index (χ1v) is 14.2. The summed E-state index contributed by atoms with van der Waals surface area (Å²) in [7, 11) is 1.60. The maximum atomic E-state index is 14.6. The quantitative estimate of drug-likeness (QED) is 0.350. The molecule has 1 amide bonds. The van der Waals surface area contributed by atoms with Crippen molar-refractivity contribution in [3.05, 3.63) is 81.6 Å². The van der Waals surface area contributed by atoms with E-state index in [1.54, 1.807) is 19.4 Å². The average Bonchev–Trinajstić information content (AvgIpc) is 3.71. The molecule has 5 nitrogen and oxygen atoms in total. The molecule has 1 aromatic carbocycles. The second-order valence-corrected chi connectivity index (χ2v) is 11.5. The number of benzene rings is 1. The van der Waals surface area contributed by atoms with Crippen molar-refractivity contribution in [2.24, 2.45) is 5.92 Å². The molecule has 3 aromatic rings. The Hall–Kier alpha value is -3.54. The highest BCUT2D eigenvalue weighted by Gasteiger charge is 2.36. The molecule has 0 bridgehead atoms. The lowest BCUT2D eigenvalue weighted by Crippen LogP contribution is -2.30. The van der Waals surface area contributed by atoms with Gasteiger partial charge in [0.25, 0.3) is 5.91 Å². The lowest BCUT2D eigenvalue weighted by atomic mass is 9.89. The Kier molecular flexibility index (Phi) is 6.74. The van der Waals surface area contributed by atoms with E-state index in [9.17, 15) is 9.18 Å². The first kappa shape index (κ1) is 25.7. The van der Waals surface area contributed by atoms with Crippen LogP contribution in [0, 0.1) is 12.8 Å². The molecule has 2 aromatic heterocycles. The number of methoxy groups -OCH3 is 1. The summed E-state index contributed by atoms with van der Waals surface area (Å²) in [6.45, 7) is 6.65. The van der Waals surface area contributed by atoms with E-state index in [-0.39, 0.29) is 17.7 Å². The van der Waals surface area contributed by atoms with Gasteiger partial charge in [-0.25, -0.2) is 4.39 Å². The second-order valence-electron chi connectivity index (χ2n) is 11.5. The summed E-state index contributed by atoms with van der Waals surface area (Å²) in [6, 6.07) is 7.94. The molecule has 3 aliphatic rings. The minimum atomic E-state index is -0.132. The molecule has 1 saturated carbocycles. The molecule has 0 radical (unpaired) electrons. The average molecular weight is 526 g/mol. The van der Waals surface area contributed by atoms with E-state index in [1.165, 1.54) is 11.1 Å². The Labute approximate surface area is 229 Å². The first-order chi connectivity index (χ1) is 18.8. The Morgan fingerprint density at radius 3 is 2.74 bits per heavy atom. The summed E-state index contributed by atoms with van der Waals surface area (Å²) in [6.07, 6.45) is 9.48. The molecule has 2 atom stereocenters. The number of pyridine rings is 2. The molecule has 6 rings (SSSR count). The third kappa shape index (κ3) is 4.86. The SMILES string of the molecule is COc1cc(C(=O)NCC(c2cc3c(c(C4=CCCC(F)=C4C)n2)CCC3C)C2CC2)cc2cc(C)cnc12. The van der Waals surface area contributed by atoms with Gasteiger partial charge in [-0.1, -0.05) is 13.0 Å². The Morgan fingerprint density at radius 1 is 1.15 bits per heavy atom.